The number of fused-ring (bicyclic) bond motifs is 2. The largest absolute Gasteiger partial charge is 0.490 e. The van der Waals surface area contributed by atoms with Crippen LogP contribution in [0.2, 0.25) is 0 Å². The summed E-state index contributed by atoms with van der Waals surface area (Å²) in [5.74, 6) is -0.798. The van der Waals surface area contributed by atoms with Crippen molar-refractivity contribution in [3.8, 4) is 5.75 Å². The second-order valence-electron chi connectivity index (χ2n) is 11.2. The number of anilines is 2. The average Bonchev–Trinajstić information content (AvgIpc) is 3.70. The predicted octanol–water partition coefficient (Wildman–Crippen LogP) is 6.66. The number of rotatable bonds is 13. The number of hydrogen-bond acceptors (Lipinski definition) is 10. The lowest BCUT2D eigenvalue weighted by Crippen LogP contribution is -2.32. The van der Waals surface area contributed by atoms with Crippen LogP contribution in [0.15, 0.2) is 60.7 Å². The number of nitrogens with one attached hydrogen (secondary N) is 2. The lowest BCUT2D eigenvalue weighted by molar-refractivity contribution is 0.0593. The van der Waals surface area contributed by atoms with Gasteiger partial charge in [0.1, 0.15) is 0 Å². The molecule has 2 N–H and O–H groups in total. The predicted molar refractivity (Wildman–Crippen MR) is 185 cm³/mol. The number of esters is 1. The molecule has 0 spiro atoms. The summed E-state index contributed by atoms with van der Waals surface area (Å²) in [6, 6.07) is 18.6. The van der Waals surface area contributed by atoms with E-state index in [0.29, 0.717) is 48.2 Å². The third-order valence-corrected chi connectivity index (χ3v) is 10.2. The molecule has 0 unspecified atom stereocenters. The van der Waals surface area contributed by atoms with Crippen LogP contribution in [0.1, 0.15) is 55.3 Å². The number of methoxy groups -OCH3 is 1. The smallest absolute Gasteiger partial charge is 0.357 e. The zero-order valence-corrected chi connectivity index (χ0v) is 27.9. The molecule has 0 aliphatic carbocycles. The minimum atomic E-state index is -0.502. The molecule has 5 aromatic rings. The van der Waals surface area contributed by atoms with E-state index in [-0.39, 0.29) is 29.8 Å². The van der Waals surface area contributed by atoms with E-state index < -0.39 is 5.97 Å². The Bertz CT molecular complexity index is 1860. The van der Waals surface area contributed by atoms with Gasteiger partial charge in [0, 0.05) is 23.5 Å². The fourth-order valence-electron chi connectivity index (χ4n) is 5.72. The molecule has 12 heteroatoms. The van der Waals surface area contributed by atoms with E-state index >= 15 is 0 Å². The molecule has 1 amide bonds. The number of thiazole rings is 2. The first-order valence-electron chi connectivity index (χ1n) is 15.6. The van der Waals surface area contributed by atoms with Crippen LogP contribution in [0.25, 0.3) is 10.2 Å². The van der Waals surface area contributed by atoms with Crippen molar-refractivity contribution in [1.82, 2.24) is 15.3 Å². The van der Waals surface area contributed by atoms with Gasteiger partial charge in [-0.05, 0) is 86.7 Å². The van der Waals surface area contributed by atoms with E-state index in [1.54, 1.807) is 6.07 Å². The number of amides is 1. The summed E-state index contributed by atoms with van der Waals surface area (Å²) in [7, 11) is 3.23. The fourth-order valence-corrected chi connectivity index (χ4v) is 7.70. The topological polar surface area (TPSA) is 106 Å². The van der Waals surface area contributed by atoms with Crippen molar-refractivity contribution in [2.24, 2.45) is 0 Å². The number of para-hydroxylation sites is 2. The number of carbonyl (C=O) groups excluding carboxylic acids is 2. The van der Waals surface area contributed by atoms with Gasteiger partial charge in [-0.2, -0.15) is 0 Å². The SMILES string of the molecule is CNCCCc1cccc(F)c1OCCCc1sc(N2CCc3cccc(C(=O)Nc4nc5ccccc5s4)c3C2)nc1C(=O)OC. The van der Waals surface area contributed by atoms with E-state index in [1.165, 1.54) is 35.8 Å². The molecule has 0 radical (unpaired) electrons. The summed E-state index contributed by atoms with van der Waals surface area (Å²) in [6.45, 7) is 2.29. The van der Waals surface area contributed by atoms with Gasteiger partial charge in [0.2, 0.25) is 0 Å². The first kappa shape index (κ1) is 32.5. The Kier molecular flexibility index (Phi) is 10.4. The van der Waals surface area contributed by atoms with Crippen molar-refractivity contribution in [1.29, 1.82) is 0 Å². The van der Waals surface area contributed by atoms with Gasteiger partial charge in [-0.25, -0.2) is 19.2 Å². The molecule has 0 saturated carbocycles. The second-order valence-corrected chi connectivity index (χ2v) is 13.3. The van der Waals surface area contributed by atoms with E-state index in [1.807, 2.05) is 49.5 Å². The number of benzene rings is 3. The maximum absolute atomic E-state index is 14.6. The van der Waals surface area contributed by atoms with Crippen LogP contribution in [0, 0.1) is 5.82 Å². The van der Waals surface area contributed by atoms with Crippen LogP contribution in [0.4, 0.5) is 14.7 Å². The van der Waals surface area contributed by atoms with Crippen molar-refractivity contribution in [3.63, 3.8) is 0 Å². The Morgan fingerprint density at radius 3 is 2.68 bits per heavy atom. The Labute approximate surface area is 280 Å². The summed E-state index contributed by atoms with van der Waals surface area (Å²) in [6.07, 6.45) is 3.40. The monoisotopic (exact) mass is 673 g/mol. The summed E-state index contributed by atoms with van der Waals surface area (Å²) in [5, 5.41) is 7.34. The minimum Gasteiger partial charge on any atom is -0.490 e. The van der Waals surface area contributed by atoms with Gasteiger partial charge in [0.15, 0.2) is 27.5 Å². The van der Waals surface area contributed by atoms with E-state index in [2.05, 4.69) is 26.6 Å². The van der Waals surface area contributed by atoms with Gasteiger partial charge in [-0.1, -0.05) is 47.7 Å². The number of ether oxygens (including phenoxy) is 2. The number of nitrogens with zero attached hydrogens (tertiary/aromatic N) is 3. The normalized spacial score (nSPS) is 12.6. The molecular weight excluding hydrogens is 638 g/mol. The van der Waals surface area contributed by atoms with Gasteiger partial charge < -0.3 is 19.7 Å². The number of halogens is 1. The highest BCUT2D eigenvalue weighted by Gasteiger charge is 2.27. The fraction of sp³-hybridized carbons (Fsp3) is 0.314. The highest BCUT2D eigenvalue weighted by molar-refractivity contribution is 7.22. The highest BCUT2D eigenvalue weighted by atomic mass is 32.1. The molecule has 0 saturated heterocycles. The Morgan fingerprint density at radius 2 is 1.85 bits per heavy atom. The number of aromatic nitrogens is 2. The minimum absolute atomic E-state index is 0.210. The number of carbonyl (C=O) groups is 2. The van der Waals surface area contributed by atoms with Crippen LogP contribution in [0.3, 0.4) is 0 Å². The zero-order valence-electron chi connectivity index (χ0n) is 26.3. The molecule has 0 bridgehead atoms. The van der Waals surface area contributed by atoms with Crippen molar-refractivity contribution in [3.05, 3.63) is 99.3 Å². The third-order valence-electron chi connectivity index (χ3n) is 8.08. The Balaban J connectivity index is 1.15. The average molecular weight is 674 g/mol. The molecule has 0 atom stereocenters. The molecule has 9 nitrogen and oxygen atoms in total. The number of hydrogen-bond donors (Lipinski definition) is 2. The molecular formula is C35H36FN5O4S2. The zero-order chi connectivity index (χ0) is 32.8. The van der Waals surface area contributed by atoms with Crippen molar-refractivity contribution in [2.75, 3.05) is 44.1 Å². The van der Waals surface area contributed by atoms with Crippen LogP contribution < -0.4 is 20.3 Å². The summed E-state index contributed by atoms with van der Waals surface area (Å²) in [5.41, 5.74) is 4.59. The van der Waals surface area contributed by atoms with Crippen LogP contribution in [-0.4, -0.2) is 55.7 Å². The maximum atomic E-state index is 14.6. The van der Waals surface area contributed by atoms with Crippen molar-refractivity contribution in [2.45, 2.75) is 38.6 Å². The molecule has 0 fully saturated rings. The van der Waals surface area contributed by atoms with Gasteiger partial charge >= 0.3 is 5.97 Å². The summed E-state index contributed by atoms with van der Waals surface area (Å²) >= 11 is 2.88. The van der Waals surface area contributed by atoms with Gasteiger partial charge in [-0.15, -0.1) is 11.3 Å². The lowest BCUT2D eigenvalue weighted by Gasteiger charge is -2.29. The van der Waals surface area contributed by atoms with Crippen LogP contribution in [0.5, 0.6) is 5.75 Å². The molecule has 6 rings (SSSR count). The quantitative estimate of drug-likeness (QED) is 0.106. The molecule has 3 heterocycles. The van der Waals surface area contributed by atoms with Gasteiger partial charge in [0.25, 0.3) is 5.91 Å². The summed E-state index contributed by atoms with van der Waals surface area (Å²) < 4.78 is 26.6. The third kappa shape index (κ3) is 7.45. The molecule has 2 aromatic heterocycles. The Hall–Kier alpha value is -4.39. The first-order chi connectivity index (χ1) is 22.9. The van der Waals surface area contributed by atoms with Gasteiger partial charge in [0.05, 0.1) is 23.9 Å². The molecule has 3 aromatic carbocycles. The maximum Gasteiger partial charge on any atom is 0.357 e. The van der Waals surface area contributed by atoms with Crippen LogP contribution in [-0.2, 0) is 30.5 Å². The van der Waals surface area contributed by atoms with Crippen molar-refractivity contribution < 1.29 is 23.5 Å². The molecule has 1 aliphatic rings. The highest BCUT2D eigenvalue weighted by Crippen LogP contribution is 2.34. The van der Waals surface area contributed by atoms with E-state index in [9.17, 15) is 14.0 Å². The Morgan fingerprint density at radius 1 is 1.00 bits per heavy atom. The molecule has 244 valence electrons. The van der Waals surface area contributed by atoms with E-state index in [4.69, 9.17) is 14.5 Å². The summed E-state index contributed by atoms with van der Waals surface area (Å²) in [4.78, 5) is 38.4. The molecule has 47 heavy (non-hydrogen) atoms. The standard InChI is InChI=1S/C35H36FN5O4S2/c1-37-18-7-11-23-10-6-13-26(36)31(23)45-20-8-16-29-30(33(43)44-2)39-35(47-29)41-19-17-22-9-5-12-24(25(22)21-41)32(42)40-34-38-27-14-3-4-15-28(27)46-34/h3-6,9-10,12-15,37H,7-8,11,16-21H2,1-2H3,(H,38,40,42). The van der Waals surface area contributed by atoms with Crippen molar-refractivity contribution >= 4 is 55.0 Å². The first-order valence-corrected chi connectivity index (χ1v) is 17.2. The van der Waals surface area contributed by atoms with E-state index in [0.717, 1.165) is 51.2 Å². The molecule has 1 aliphatic heterocycles. The lowest BCUT2D eigenvalue weighted by atomic mass is 9.94. The second kappa shape index (κ2) is 15.0. The van der Waals surface area contributed by atoms with Crippen LogP contribution >= 0.6 is 22.7 Å². The van der Waals surface area contributed by atoms with Gasteiger partial charge in [-0.3, -0.25) is 10.1 Å². The number of aryl methyl sites for hydroxylation is 2.